The van der Waals surface area contributed by atoms with Crippen LogP contribution in [0.25, 0.3) is 0 Å². The number of H-pyrrole nitrogens is 1. The second kappa shape index (κ2) is 8.01. The lowest BCUT2D eigenvalue weighted by atomic mass is 10.1. The first-order valence-electron chi connectivity index (χ1n) is 8.04. The number of aromatic amines is 1. The Kier molecular flexibility index (Phi) is 5.52. The van der Waals surface area contributed by atoms with Crippen LogP contribution in [0.2, 0.25) is 5.02 Å². The summed E-state index contributed by atoms with van der Waals surface area (Å²) in [6.07, 6.45) is 1.55. The van der Waals surface area contributed by atoms with Crippen LogP contribution in [0.3, 0.4) is 0 Å². The number of halogens is 2. The maximum Gasteiger partial charge on any atom is 0.331 e. The van der Waals surface area contributed by atoms with Crippen LogP contribution in [-0.2, 0) is 13.0 Å². The maximum absolute atomic E-state index is 13.0. The van der Waals surface area contributed by atoms with Crippen LogP contribution in [0.1, 0.15) is 11.1 Å². The fourth-order valence-electron chi connectivity index (χ4n) is 2.46. The normalized spacial score (nSPS) is 11.2. The van der Waals surface area contributed by atoms with Gasteiger partial charge in [0.05, 0.1) is 5.69 Å². The lowest BCUT2D eigenvalue weighted by molar-refractivity contribution is 0.399. The van der Waals surface area contributed by atoms with Gasteiger partial charge >= 0.3 is 5.69 Å². The molecule has 3 rings (SSSR count). The molecule has 0 unspecified atom stereocenters. The van der Waals surface area contributed by atoms with E-state index in [1.807, 2.05) is 0 Å². The average Bonchev–Trinajstić information content (AvgIpc) is 2.64. The summed E-state index contributed by atoms with van der Waals surface area (Å²) >= 11 is 5.81. The van der Waals surface area contributed by atoms with Crippen molar-refractivity contribution in [2.24, 2.45) is 4.99 Å². The number of hydrogen-bond donors (Lipinski definition) is 2. The van der Waals surface area contributed by atoms with Crippen LogP contribution in [0, 0.1) is 5.82 Å². The molecule has 0 aliphatic carbocycles. The Hall–Kier alpha value is -3.19. The number of nitrogens with one attached hydrogen (secondary N) is 1. The van der Waals surface area contributed by atoms with E-state index in [0.717, 1.165) is 10.1 Å². The standard InChI is InChI=1S/C19H15ClFN3O3/c20-13-3-7-15(8-4-13)22-11-16-17(25)23-19(27)24(18(16)26)10-9-12-1-5-14(21)6-2-12/h1-8,11,26H,9-10H2,(H,23,25,27). The van der Waals surface area contributed by atoms with Gasteiger partial charge in [0.1, 0.15) is 11.4 Å². The molecule has 0 saturated heterocycles. The second-order valence-corrected chi connectivity index (χ2v) is 6.20. The number of hydrogen-bond acceptors (Lipinski definition) is 4. The second-order valence-electron chi connectivity index (χ2n) is 5.76. The van der Waals surface area contributed by atoms with Crippen molar-refractivity contribution in [1.82, 2.24) is 9.55 Å². The summed E-state index contributed by atoms with van der Waals surface area (Å²) in [6, 6.07) is 12.4. The van der Waals surface area contributed by atoms with Gasteiger partial charge in [-0.3, -0.25) is 19.3 Å². The molecule has 0 atom stereocenters. The van der Waals surface area contributed by atoms with E-state index >= 15 is 0 Å². The molecule has 1 aromatic heterocycles. The van der Waals surface area contributed by atoms with Gasteiger partial charge in [-0.15, -0.1) is 0 Å². The Labute approximate surface area is 158 Å². The molecule has 0 fully saturated rings. The van der Waals surface area contributed by atoms with Crippen LogP contribution in [0.5, 0.6) is 5.88 Å². The van der Waals surface area contributed by atoms with Crippen molar-refractivity contribution in [2.45, 2.75) is 13.0 Å². The molecule has 138 valence electrons. The minimum absolute atomic E-state index is 0.106. The van der Waals surface area contributed by atoms with E-state index in [1.165, 1.54) is 18.3 Å². The van der Waals surface area contributed by atoms with Gasteiger partial charge in [-0.05, 0) is 48.4 Å². The number of nitrogens with zero attached hydrogens (tertiary/aromatic N) is 2. The number of aliphatic imine (C=N–C) groups is 1. The minimum atomic E-state index is -0.742. The van der Waals surface area contributed by atoms with Crippen LogP contribution < -0.4 is 11.2 Å². The van der Waals surface area contributed by atoms with Gasteiger partial charge in [0.2, 0.25) is 5.88 Å². The first-order valence-corrected chi connectivity index (χ1v) is 8.42. The first kappa shape index (κ1) is 18.6. The fraction of sp³-hybridized carbons (Fsp3) is 0.105. The van der Waals surface area contributed by atoms with Crippen molar-refractivity contribution in [3.63, 3.8) is 0 Å². The largest absolute Gasteiger partial charge is 0.494 e. The molecule has 0 aliphatic heterocycles. The molecule has 0 spiro atoms. The number of benzene rings is 2. The van der Waals surface area contributed by atoms with Gasteiger partial charge in [-0.1, -0.05) is 23.7 Å². The van der Waals surface area contributed by atoms with E-state index < -0.39 is 17.1 Å². The highest BCUT2D eigenvalue weighted by Gasteiger charge is 2.12. The fourth-order valence-corrected chi connectivity index (χ4v) is 2.58. The Bertz CT molecular complexity index is 1090. The Morgan fingerprint density at radius 2 is 1.78 bits per heavy atom. The maximum atomic E-state index is 13.0. The number of rotatable bonds is 5. The van der Waals surface area contributed by atoms with Crippen LogP contribution >= 0.6 is 11.6 Å². The monoisotopic (exact) mass is 387 g/mol. The third-order valence-electron chi connectivity index (χ3n) is 3.91. The van der Waals surface area contributed by atoms with E-state index in [4.69, 9.17) is 11.6 Å². The van der Waals surface area contributed by atoms with Crippen LogP contribution in [-0.4, -0.2) is 20.9 Å². The molecule has 8 heteroatoms. The molecular formula is C19H15ClFN3O3. The zero-order valence-corrected chi connectivity index (χ0v) is 14.8. The molecule has 2 aromatic carbocycles. The van der Waals surface area contributed by atoms with Gasteiger partial charge in [-0.2, -0.15) is 0 Å². The molecule has 3 aromatic rings. The third kappa shape index (κ3) is 4.51. The Morgan fingerprint density at radius 1 is 1.11 bits per heavy atom. The lowest BCUT2D eigenvalue weighted by Gasteiger charge is -2.09. The molecule has 0 bridgehead atoms. The van der Waals surface area contributed by atoms with Gasteiger partial charge in [0.25, 0.3) is 5.56 Å². The summed E-state index contributed by atoms with van der Waals surface area (Å²) in [4.78, 5) is 30.3. The van der Waals surface area contributed by atoms with Crippen molar-refractivity contribution >= 4 is 23.5 Å². The van der Waals surface area contributed by atoms with Crippen molar-refractivity contribution in [3.8, 4) is 5.88 Å². The van der Waals surface area contributed by atoms with E-state index in [-0.39, 0.29) is 17.9 Å². The van der Waals surface area contributed by atoms with Crippen LogP contribution in [0.15, 0.2) is 63.1 Å². The quantitative estimate of drug-likeness (QED) is 0.659. The average molecular weight is 388 g/mol. The van der Waals surface area contributed by atoms with E-state index in [2.05, 4.69) is 9.98 Å². The number of aryl methyl sites for hydroxylation is 1. The Balaban J connectivity index is 1.88. The summed E-state index contributed by atoms with van der Waals surface area (Å²) in [7, 11) is 0. The third-order valence-corrected chi connectivity index (χ3v) is 4.17. The summed E-state index contributed by atoms with van der Waals surface area (Å²) in [5.74, 6) is -0.841. The molecule has 0 radical (unpaired) electrons. The molecule has 0 saturated carbocycles. The molecule has 27 heavy (non-hydrogen) atoms. The SMILES string of the molecule is O=c1[nH]c(=O)n(CCc2ccc(F)cc2)c(O)c1C=Nc1ccc(Cl)cc1. The van der Waals surface area contributed by atoms with Gasteiger partial charge in [-0.25, -0.2) is 9.18 Å². The van der Waals surface area contributed by atoms with Crippen molar-refractivity contribution in [1.29, 1.82) is 0 Å². The smallest absolute Gasteiger partial charge is 0.331 e. The van der Waals surface area contributed by atoms with Crippen molar-refractivity contribution in [3.05, 3.63) is 91.3 Å². The van der Waals surface area contributed by atoms with Gasteiger partial charge in [0, 0.05) is 17.8 Å². The molecule has 0 amide bonds. The zero-order chi connectivity index (χ0) is 19.4. The van der Waals surface area contributed by atoms with Gasteiger partial charge in [0.15, 0.2) is 0 Å². The molecule has 6 nitrogen and oxygen atoms in total. The molecule has 2 N–H and O–H groups in total. The van der Waals surface area contributed by atoms with E-state index in [9.17, 15) is 19.1 Å². The predicted molar refractivity (Wildman–Crippen MR) is 102 cm³/mol. The summed E-state index contributed by atoms with van der Waals surface area (Å²) in [5.41, 5.74) is -0.298. The van der Waals surface area contributed by atoms with E-state index in [0.29, 0.717) is 17.1 Å². The van der Waals surface area contributed by atoms with Crippen molar-refractivity contribution in [2.75, 3.05) is 0 Å². The van der Waals surface area contributed by atoms with Gasteiger partial charge < -0.3 is 5.11 Å². The highest BCUT2D eigenvalue weighted by molar-refractivity contribution is 6.30. The predicted octanol–water partition coefficient (Wildman–Crippen LogP) is 3.03. The van der Waals surface area contributed by atoms with Crippen LogP contribution in [0.4, 0.5) is 10.1 Å². The van der Waals surface area contributed by atoms with E-state index in [1.54, 1.807) is 36.4 Å². The van der Waals surface area contributed by atoms with Crippen molar-refractivity contribution < 1.29 is 9.50 Å². The molecule has 1 heterocycles. The Morgan fingerprint density at radius 3 is 2.44 bits per heavy atom. The topological polar surface area (TPSA) is 87.5 Å². The molecule has 0 aliphatic rings. The highest BCUT2D eigenvalue weighted by Crippen LogP contribution is 2.17. The highest BCUT2D eigenvalue weighted by atomic mass is 35.5. The molecular weight excluding hydrogens is 373 g/mol. The first-order chi connectivity index (χ1) is 12.9. The summed E-state index contributed by atoms with van der Waals surface area (Å²) in [6.45, 7) is 0.106. The number of aromatic hydroxyl groups is 1. The number of aromatic nitrogens is 2. The lowest BCUT2D eigenvalue weighted by Crippen LogP contribution is -2.32. The summed E-state index contributed by atoms with van der Waals surface area (Å²) < 4.78 is 14.0. The summed E-state index contributed by atoms with van der Waals surface area (Å²) in [5, 5.41) is 10.9. The zero-order valence-electron chi connectivity index (χ0n) is 14.0. The minimum Gasteiger partial charge on any atom is -0.494 e.